The highest BCUT2D eigenvalue weighted by molar-refractivity contribution is 14.0. The zero-order valence-electron chi connectivity index (χ0n) is 17.2. The van der Waals surface area contributed by atoms with Gasteiger partial charge in [0.1, 0.15) is 0 Å². The number of hydrogen-bond acceptors (Lipinski definition) is 4. The molecule has 7 heteroatoms. The van der Waals surface area contributed by atoms with Crippen LogP contribution in [0.4, 0.5) is 5.69 Å². The largest absolute Gasteiger partial charge is 0.493 e. The molecule has 0 amide bonds. The van der Waals surface area contributed by atoms with Gasteiger partial charge in [-0.05, 0) is 31.0 Å². The predicted molar refractivity (Wildman–Crippen MR) is 128 cm³/mol. The molecule has 0 spiro atoms. The van der Waals surface area contributed by atoms with E-state index in [1.807, 2.05) is 24.3 Å². The number of hydrogen-bond donors (Lipinski definition) is 2. The summed E-state index contributed by atoms with van der Waals surface area (Å²) in [5.41, 5.74) is 2.11. The lowest BCUT2D eigenvalue weighted by molar-refractivity contribution is 0.0926. The monoisotopic (exact) mass is 511 g/mol. The van der Waals surface area contributed by atoms with Crippen molar-refractivity contribution in [1.82, 2.24) is 5.32 Å². The maximum absolute atomic E-state index is 5.98. The first-order valence-corrected chi connectivity index (χ1v) is 9.69. The average Bonchev–Trinajstić information content (AvgIpc) is 3.21. The Bertz CT molecular complexity index is 786. The van der Waals surface area contributed by atoms with Crippen molar-refractivity contribution in [1.29, 1.82) is 0 Å². The molecule has 1 saturated heterocycles. The highest BCUT2D eigenvalue weighted by atomic mass is 127. The van der Waals surface area contributed by atoms with Crippen molar-refractivity contribution in [2.45, 2.75) is 19.4 Å². The number of halogens is 1. The van der Waals surface area contributed by atoms with E-state index in [4.69, 9.17) is 19.2 Å². The molecule has 2 aromatic rings. The Hall–Kier alpha value is -2.00. The van der Waals surface area contributed by atoms with Crippen molar-refractivity contribution in [3.8, 4) is 11.5 Å². The van der Waals surface area contributed by atoms with Crippen LogP contribution in [0.15, 0.2) is 53.5 Å². The molecule has 2 unspecified atom stereocenters. The molecule has 1 fully saturated rings. The Balaban J connectivity index is 0.00000300. The molecule has 0 aliphatic carbocycles. The summed E-state index contributed by atoms with van der Waals surface area (Å²) in [6.07, 6.45) is 1.12. The SMILES string of the molecule is CCNC(=NCC1CCOC1c1ccccc1)Nc1ccc(OC)c(OC)c1.I. The highest BCUT2D eigenvalue weighted by Crippen LogP contribution is 2.34. The molecule has 2 N–H and O–H groups in total. The number of nitrogens with one attached hydrogen (secondary N) is 2. The van der Waals surface area contributed by atoms with Gasteiger partial charge in [-0.3, -0.25) is 4.99 Å². The second-order valence-electron chi connectivity index (χ2n) is 6.67. The Kier molecular flexibility index (Phi) is 9.53. The van der Waals surface area contributed by atoms with E-state index in [0.717, 1.165) is 31.2 Å². The average molecular weight is 511 g/mol. The van der Waals surface area contributed by atoms with E-state index >= 15 is 0 Å². The first kappa shape index (κ1) is 23.3. The molecule has 2 aromatic carbocycles. The minimum Gasteiger partial charge on any atom is -0.493 e. The van der Waals surface area contributed by atoms with Crippen LogP contribution in [0.5, 0.6) is 11.5 Å². The summed E-state index contributed by atoms with van der Waals surface area (Å²) in [6.45, 7) is 4.31. The van der Waals surface area contributed by atoms with Crippen LogP contribution < -0.4 is 20.1 Å². The summed E-state index contributed by atoms with van der Waals surface area (Å²) in [4.78, 5) is 4.81. The number of rotatable bonds is 7. The molecule has 3 rings (SSSR count). The van der Waals surface area contributed by atoms with Crippen LogP contribution in [-0.4, -0.2) is 39.9 Å². The van der Waals surface area contributed by atoms with E-state index < -0.39 is 0 Å². The van der Waals surface area contributed by atoms with Crippen LogP contribution in [0.1, 0.15) is 25.0 Å². The lowest BCUT2D eigenvalue weighted by atomic mass is 9.95. The van der Waals surface area contributed by atoms with E-state index in [1.54, 1.807) is 14.2 Å². The zero-order valence-corrected chi connectivity index (χ0v) is 19.5. The Labute approximate surface area is 190 Å². The van der Waals surface area contributed by atoms with Crippen molar-refractivity contribution < 1.29 is 14.2 Å². The molecule has 1 heterocycles. The van der Waals surface area contributed by atoms with Gasteiger partial charge >= 0.3 is 0 Å². The molecule has 158 valence electrons. The van der Waals surface area contributed by atoms with Crippen molar-refractivity contribution in [2.24, 2.45) is 10.9 Å². The van der Waals surface area contributed by atoms with E-state index in [9.17, 15) is 0 Å². The maximum Gasteiger partial charge on any atom is 0.195 e. The van der Waals surface area contributed by atoms with Crippen molar-refractivity contribution >= 4 is 35.6 Å². The molecule has 1 aliphatic rings. The van der Waals surface area contributed by atoms with Gasteiger partial charge in [-0.15, -0.1) is 24.0 Å². The summed E-state index contributed by atoms with van der Waals surface area (Å²) in [5, 5.41) is 6.65. The van der Waals surface area contributed by atoms with E-state index in [1.165, 1.54) is 5.56 Å². The molecule has 2 atom stereocenters. The molecule has 0 bridgehead atoms. The van der Waals surface area contributed by atoms with Gasteiger partial charge in [-0.1, -0.05) is 30.3 Å². The number of nitrogens with zero attached hydrogens (tertiary/aromatic N) is 1. The van der Waals surface area contributed by atoms with E-state index in [0.29, 0.717) is 24.0 Å². The van der Waals surface area contributed by atoms with Gasteiger partial charge in [0, 0.05) is 37.4 Å². The van der Waals surface area contributed by atoms with Crippen molar-refractivity contribution in [3.63, 3.8) is 0 Å². The molecular weight excluding hydrogens is 481 g/mol. The first-order chi connectivity index (χ1) is 13.7. The normalized spacial score (nSPS) is 18.7. The topological polar surface area (TPSA) is 64.1 Å². The summed E-state index contributed by atoms with van der Waals surface area (Å²) < 4.78 is 16.7. The van der Waals surface area contributed by atoms with Crippen LogP contribution in [0.2, 0.25) is 0 Å². The summed E-state index contributed by atoms with van der Waals surface area (Å²) >= 11 is 0. The van der Waals surface area contributed by atoms with Crippen LogP contribution in [0.3, 0.4) is 0 Å². The Morgan fingerprint density at radius 3 is 2.55 bits per heavy atom. The minimum absolute atomic E-state index is 0. The van der Waals surface area contributed by atoms with E-state index in [2.05, 4.69) is 41.8 Å². The third kappa shape index (κ3) is 6.24. The zero-order chi connectivity index (χ0) is 19.8. The van der Waals surface area contributed by atoms with Crippen LogP contribution >= 0.6 is 24.0 Å². The number of aliphatic imine (C=N–C) groups is 1. The van der Waals surface area contributed by atoms with Crippen LogP contribution in [0.25, 0.3) is 0 Å². The molecule has 1 aliphatic heterocycles. The summed E-state index contributed by atoms with van der Waals surface area (Å²) in [6, 6.07) is 16.1. The van der Waals surface area contributed by atoms with Gasteiger partial charge in [0.25, 0.3) is 0 Å². The van der Waals surface area contributed by atoms with Gasteiger partial charge < -0.3 is 24.8 Å². The van der Waals surface area contributed by atoms with Crippen LogP contribution in [0, 0.1) is 5.92 Å². The van der Waals surface area contributed by atoms with Gasteiger partial charge in [-0.25, -0.2) is 0 Å². The molecule has 6 nitrogen and oxygen atoms in total. The van der Waals surface area contributed by atoms with Crippen LogP contribution in [-0.2, 0) is 4.74 Å². The van der Waals surface area contributed by atoms with Crippen molar-refractivity contribution in [3.05, 3.63) is 54.1 Å². The molecule has 0 aromatic heterocycles. The van der Waals surface area contributed by atoms with E-state index in [-0.39, 0.29) is 30.1 Å². The lowest BCUT2D eigenvalue weighted by Crippen LogP contribution is -2.31. The number of methoxy groups -OCH3 is 2. The lowest BCUT2D eigenvalue weighted by Gasteiger charge is -2.18. The smallest absolute Gasteiger partial charge is 0.195 e. The third-order valence-corrected chi connectivity index (χ3v) is 4.82. The number of ether oxygens (including phenoxy) is 3. The number of anilines is 1. The van der Waals surface area contributed by atoms with Gasteiger partial charge in [-0.2, -0.15) is 0 Å². The van der Waals surface area contributed by atoms with Gasteiger partial charge in [0.05, 0.1) is 20.3 Å². The first-order valence-electron chi connectivity index (χ1n) is 9.69. The maximum atomic E-state index is 5.98. The molecule has 0 radical (unpaired) electrons. The van der Waals surface area contributed by atoms with Gasteiger partial charge in [0.15, 0.2) is 17.5 Å². The molecular formula is C22H30IN3O3. The fourth-order valence-corrected chi connectivity index (χ4v) is 3.40. The number of benzene rings is 2. The predicted octanol–water partition coefficient (Wildman–Crippen LogP) is 4.48. The second-order valence-corrected chi connectivity index (χ2v) is 6.67. The fourth-order valence-electron chi connectivity index (χ4n) is 3.40. The Morgan fingerprint density at radius 1 is 1.10 bits per heavy atom. The van der Waals surface area contributed by atoms with Gasteiger partial charge in [0.2, 0.25) is 0 Å². The third-order valence-electron chi connectivity index (χ3n) is 4.82. The summed E-state index contributed by atoms with van der Waals surface area (Å²) in [5.74, 6) is 2.48. The summed E-state index contributed by atoms with van der Waals surface area (Å²) in [7, 11) is 3.26. The Morgan fingerprint density at radius 2 is 1.86 bits per heavy atom. The standard InChI is InChI=1S/C22H29N3O3.HI/c1-4-23-22(25-18-10-11-19(26-2)20(14-18)27-3)24-15-17-12-13-28-21(17)16-8-6-5-7-9-16;/h5-11,14,17,21H,4,12-13,15H2,1-3H3,(H2,23,24,25);1H. The molecule has 0 saturated carbocycles. The minimum atomic E-state index is 0. The van der Waals surface area contributed by atoms with Crippen molar-refractivity contribution in [2.75, 3.05) is 39.2 Å². The highest BCUT2D eigenvalue weighted by Gasteiger charge is 2.29. The number of guanidine groups is 1. The quantitative estimate of drug-likeness (QED) is 0.326. The molecule has 29 heavy (non-hydrogen) atoms. The fraction of sp³-hybridized carbons (Fsp3) is 0.409. The second kappa shape index (κ2) is 11.9.